The van der Waals surface area contributed by atoms with E-state index in [-0.39, 0.29) is 18.6 Å². The van der Waals surface area contributed by atoms with Crippen LogP contribution in [0.5, 0.6) is 0 Å². The molecule has 7 heteroatoms. The molecular weight excluding hydrogens is 390 g/mol. The van der Waals surface area contributed by atoms with Crippen molar-refractivity contribution in [2.24, 2.45) is 0 Å². The van der Waals surface area contributed by atoms with Crippen LogP contribution in [0.3, 0.4) is 0 Å². The average molecular weight is 410 g/mol. The fourth-order valence-corrected chi connectivity index (χ4v) is 3.02. The molecule has 29 heavy (non-hydrogen) atoms. The van der Waals surface area contributed by atoms with Crippen LogP contribution in [0, 0.1) is 0 Å². The van der Waals surface area contributed by atoms with Gasteiger partial charge in [-0.3, -0.25) is 9.78 Å². The van der Waals surface area contributed by atoms with Crippen molar-refractivity contribution in [2.75, 3.05) is 5.32 Å². The number of alkyl carbamates (subject to hydrolysis) is 1. The van der Waals surface area contributed by atoms with Crippen LogP contribution < -0.4 is 10.6 Å². The second-order valence-electron chi connectivity index (χ2n) is 6.35. The van der Waals surface area contributed by atoms with Gasteiger partial charge in [0, 0.05) is 28.7 Å². The van der Waals surface area contributed by atoms with Crippen molar-refractivity contribution in [2.45, 2.75) is 19.6 Å². The first-order chi connectivity index (χ1) is 14.0. The summed E-state index contributed by atoms with van der Waals surface area (Å²) in [5.74, 6) is -0.285. The van der Waals surface area contributed by atoms with Crippen LogP contribution in [0.15, 0.2) is 73.1 Å². The number of anilines is 1. The Labute approximate surface area is 173 Å². The molecule has 1 atom stereocenters. The van der Waals surface area contributed by atoms with Gasteiger partial charge in [0.15, 0.2) is 0 Å². The van der Waals surface area contributed by atoms with E-state index in [1.165, 1.54) is 0 Å². The summed E-state index contributed by atoms with van der Waals surface area (Å²) < 4.78 is 5.23. The fraction of sp³-hybridized carbons (Fsp3) is 0.136. The van der Waals surface area contributed by atoms with Crippen LogP contribution in [-0.2, 0) is 11.3 Å². The maximum absolute atomic E-state index is 12.4. The predicted octanol–water partition coefficient (Wildman–Crippen LogP) is 4.97. The maximum atomic E-state index is 12.4. The van der Waals surface area contributed by atoms with Crippen molar-refractivity contribution < 1.29 is 14.3 Å². The largest absolute Gasteiger partial charge is 0.445 e. The number of carbonyl (C=O) groups is 2. The van der Waals surface area contributed by atoms with Gasteiger partial charge in [-0.1, -0.05) is 48.0 Å². The standard InChI is InChI=1S/C22H20ClN3O3/c1-15(25-22(28)29-14-16-5-3-2-4-6-16)19-8-7-17(13-20(19)23)21(27)26-18-9-11-24-12-10-18/h2-13,15H,14H2,1H3,(H,25,28)(H,24,26,27)/t15-/m1/s1. The molecule has 0 unspecified atom stereocenters. The van der Waals surface area contributed by atoms with Gasteiger partial charge in [0.05, 0.1) is 6.04 Å². The summed E-state index contributed by atoms with van der Waals surface area (Å²) in [4.78, 5) is 28.3. The summed E-state index contributed by atoms with van der Waals surface area (Å²) in [5, 5.41) is 5.89. The first kappa shape index (κ1) is 20.4. The van der Waals surface area contributed by atoms with Gasteiger partial charge in [-0.2, -0.15) is 0 Å². The molecule has 0 saturated heterocycles. The minimum absolute atomic E-state index is 0.182. The van der Waals surface area contributed by atoms with Crippen molar-refractivity contribution in [1.82, 2.24) is 10.3 Å². The van der Waals surface area contributed by atoms with E-state index in [2.05, 4.69) is 15.6 Å². The minimum Gasteiger partial charge on any atom is -0.445 e. The number of hydrogen-bond acceptors (Lipinski definition) is 4. The molecule has 6 nitrogen and oxygen atoms in total. The Kier molecular flexibility index (Phi) is 6.81. The molecule has 3 aromatic rings. The van der Waals surface area contributed by atoms with Crippen LogP contribution in [0.4, 0.5) is 10.5 Å². The summed E-state index contributed by atoms with van der Waals surface area (Å²) in [7, 11) is 0. The van der Waals surface area contributed by atoms with E-state index >= 15 is 0 Å². The van der Waals surface area contributed by atoms with Gasteiger partial charge >= 0.3 is 6.09 Å². The lowest BCUT2D eigenvalue weighted by molar-refractivity contribution is 0.102. The second kappa shape index (κ2) is 9.71. The molecule has 0 fully saturated rings. The quantitative estimate of drug-likeness (QED) is 0.602. The first-order valence-corrected chi connectivity index (χ1v) is 9.39. The van der Waals surface area contributed by atoms with Crippen molar-refractivity contribution in [3.05, 3.63) is 94.8 Å². The van der Waals surface area contributed by atoms with E-state index < -0.39 is 6.09 Å². The molecule has 0 bridgehead atoms. The lowest BCUT2D eigenvalue weighted by atomic mass is 10.1. The van der Waals surface area contributed by atoms with E-state index in [4.69, 9.17) is 16.3 Å². The van der Waals surface area contributed by atoms with E-state index in [1.807, 2.05) is 30.3 Å². The van der Waals surface area contributed by atoms with Crippen LogP contribution in [0.2, 0.25) is 5.02 Å². The van der Waals surface area contributed by atoms with E-state index in [0.29, 0.717) is 21.8 Å². The number of rotatable bonds is 6. The van der Waals surface area contributed by atoms with Gasteiger partial charge in [0.25, 0.3) is 5.91 Å². The number of nitrogens with zero attached hydrogens (tertiary/aromatic N) is 1. The zero-order valence-electron chi connectivity index (χ0n) is 15.8. The highest BCUT2D eigenvalue weighted by atomic mass is 35.5. The molecule has 148 valence electrons. The van der Waals surface area contributed by atoms with Crippen LogP contribution in [0.1, 0.15) is 34.5 Å². The van der Waals surface area contributed by atoms with E-state index in [0.717, 1.165) is 5.56 Å². The van der Waals surface area contributed by atoms with Gasteiger partial charge < -0.3 is 15.4 Å². The molecule has 0 aliphatic rings. The molecular formula is C22H20ClN3O3. The molecule has 0 saturated carbocycles. The first-order valence-electron chi connectivity index (χ1n) is 9.01. The third kappa shape index (κ3) is 5.80. The maximum Gasteiger partial charge on any atom is 0.407 e. The highest BCUT2D eigenvalue weighted by Crippen LogP contribution is 2.25. The van der Waals surface area contributed by atoms with Crippen molar-refractivity contribution in [3.8, 4) is 0 Å². The summed E-state index contributed by atoms with van der Waals surface area (Å²) in [6, 6.07) is 17.4. The zero-order valence-corrected chi connectivity index (χ0v) is 16.5. The SMILES string of the molecule is C[C@@H](NC(=O)OCc1ccccc1)c1ccc(C(=O)Nc2ccncc2)cc1Cl. The topological polar surface area (TPSA) is 80.3 Å². The Morgan fingerprint density at radius 2 is 1.79 bits per heavy atom. The predicted molar refractivity (Wildman–Crippen MR) is 112 cm³/mol. The highest BCUT2D eigenvalue weighted by molar-refractivity contribution is 6.32. The molecule has 2 N–H and O–H groups in total. The van der Waals surface area contributed by atoms with Gasteiger partial charge in [-0.05, 0) is 42.3 Å². The normalized spacial score (nSPS) is 11.4. The van der Waals surface area contributed by atoms with Crippen LogP contribution in [-0.4, -0.2) is 17.0 Å². The summed E-state index contributed by atoms with van der Waals surface area (Å²) in [6.07, 6.45) is 2.64. The monoisotopic (exact) mass is 409 g/mol. The van der Waals surface area contributed by atoms with Crippen molar-refractivity contribution in [3.63, 3.8) is 0 Å². The number of nitrogens with one attached hydrogen (secondary N) is 2. The smallest absolute Gasteiger partial charge is 0.407 e. The number of amides is 2. The lowest BCUT2D eigenvalue weighted by Crippen LogP contribution is -2.27. The number of aromatic nitrogens is 1. The number of pyridine rings is 1. The van der Waals surface area contributed by atoms with Gasteiger partial charge in [0.2, 0.25) is 0 Å². The van der Waals surface area contributed by atoms with Gasteiger partial charge in [0.1, 0.15) is 6.61 Å². The highest BCUT2D eigenvalue weighted by Gasteiger charge is 2.16. The van der Waals surface area contributed by atoms with Crippen LogP contribution in [0.25, 0.3) is 0 Å². The number of benzene rings is 2. The number of carbonyl (C=O) groups excluding carboxylic acids is 2. The summed E-state index contributed by atoms with van der Waals surface area (Å²) >= 11 is 6.35. The Balaban J connectivity index is 1.58. The Bertz CT molecular complexity index is 981. The molecule has 1 aromatic heterocycles. The van der Waals surface area contributed by atoms with Gasteiger partial charge in [-0.25, -0.2) is 4.79 Å². The molecule has 3 rings (SSSR count). The van der Waals surface area contributed by atoms with Gasteiger partial charge in [-0.15, -0.1) is 0 Å². The van der Waals surface area contributed by atoms with E-state index in [9.17, 15) is 9.59 Å². The Hall–Kier alpha value is -3.38. The molecule has 0 aliphatic carbocycles. The van der Waals surface area contributed by atoms with E-state index in [1.54, 1.807) is 49.6 Å². The summed E-state index contributed by atoms with van der Waals surface area (Å²) in [5.41, 5.74) is 2.64. The third-order valence-corrected chi connectivity index (χ3v) is 4.54. The Morgan fingerprint density at radius 1 is 1.07 bits per heavy atom. The molecule has 2 aromatic carbocycles. The molecule has 0 radical (unpaired) electrons. The van der Waals surface area contributed by atoms with Crippen molar-refractivity contribution >= 4 is 29.3 Å². The second-order valence-corrected chi connectivity index (χ2v) is 6.76. The minimum atomic E-state index is -0.545. The Morgan fingerprint density at radius 3 is 2.48 bits per heavy atom. The number of hydrogen-bond donors (Lipinski definition) is 2. The molecule has 0 spiro atoms. The lowest BCUT2D eigenvalue weighted by Gasteiger charge is -2.16. The molecule has 0 aliphatic heterocycles. The van der Waals surface area contributed by atoms with Crippen LogP contribution >= 0.6 is 11.6 Å². The zero-order chi connectivity index (χ0) is 20.6. The molecule has 2 amide bonds. The molecule has 1 heterocycles. The number of ether oxygens (including phenoxy) is 1. The fourth-order valence-electron chi connectivity index (χ4n) is 2.68. The third-order valence-electron chi connectivity index (χ3n) is 4.21. The summed E-state index contributed by atoms with van der Waals surface area (Å²) in [6.45, 7) is 1.98. The van der Waals surface area contributed by atoms with Crippen molar-refractivity contribution in [1.29, 1.82) is 0 Å². The average Bonchev–Trinajstić information content (AvgIpc) is 2.73. The number of halogens is 1.